The minimum Gasteiger partial charge on any atom is -0.382 e. The molecule has 0 aliphatic carbocycles. The van der Waals surface area contributed by atoms with Crippen molar-refractivity contribution >= 4 is 17.3 Å². The summed E-state index contributed by atoms with van der Waals surface area (Å²) in [6.45, 7) is 5.44. The molecule has 2 aliphatic rings. The lowest BCUT2D eigenvalue weighted by Gasteiger charge is -2.35. The van der Waals surface area contributed by atoms with E-state index in [2.05, 4.69) is 46.4 Å². The number of pyridine rings is 1. The number of likely N-dealkylation sites (tertiary alicyclic amines) is 1. The van der Waals surface area contributed by atoms with Crippen LogP contribution in [-0.2, 0) is 11.0 Å². The third-order valence-electron chi connectivity index (χ3n) is 7.05. The van der Waals surface area contributed by atoms with Gasteiger partial charge >= 0.3 is 6.18 Å². The molecule has 0 atom stereocenters. The number of hydrogen-bond acceptors (Lipinski definition) is 4. The molecule has 4 rings (SSSR count). The van der Waals surface area contributed by atoms with Gasteiger partial charge in [0.1, 0.15) is 5.69 Å². The molecule has 0 unspecified atom stereocenters. The van der Waals surface area contributed by atoms with Gasteiger partial charge in [-0.1, -0.05) is 17.7 Å². The normalized spacial score (nSPS) is 18.2. The SMILES string of the molecule is Cc1ccc(N2CCC(CCC(=O)N3CCC(Nc4ccnc(C(F)(F)F)c4)CC3)CC2)cc1. The molecule has 2 aromatic rings. The summed E-state index contributed by atoms with van der Waals surface area (Å²) in [5.74, 6) is 0.780. The summed E-state index contributed by atoms with van der Waals surface area (Å²) in [5.41, 5.74) is 2.07. The fourth-order valence-corrected chi connectivity index (χ4v) is 4.91. The smallest absolute Gasteiger partial charge is 0.382 e. The van der Waals surface area contributed by atoms with Crippen molar-refractivity contribution in [3.8, 4) is 0 Å². The van der Waals surface area contributed by atoms with Crippen LogP contribution in [0.25, 0.3) is 0 Å². The molecule has 1 N–H and O–H groups in total. The van der Waals surface area contributed by atoms with Gasteiger partial charge in [-0.15, -0.1) is 0 Å². The highest BCUT2D eigenvalue weighted by molar-refractivity contribution is 5.76. The average molecular weight is 475 g/mol. The van der Waals surface area contributed by atoms with E-state index in [-0.39, 0.29) is 11.9 Å². The van der Waals surface area contributed by atoms with E-state index in [4.69, 9.17) is 0 Å². The fourth-order valence-electron chi connectivity index (χ4n) is 4.91. The van der Waals surface area contributed by atoms with Crippen LogP contribution in [0.3, 0.4) is 0 Å². The van der Waals surface area contributed by atoms with E-state index in [1.54, 1.807) is 6.07 Å². The maximum Gasteiger partial charge on any atom is 0.433 e. The van der Waals surface area contributed by atoms with Gasteiger partial charge in [0.15, 0.2) is 0 Å². The molecule has 2 fully saturated rings. The lowest BCUT2D eigenvalue weighted by atomic mass is 9.91. The number of benzene rings is 1. The second kappa shape index (κ2) is 10.7. The van der Waals surface area contributed by atoms with Gasteiger partial charge < -0.3 is 15.1 Å². The highest BCUT2D eigenvalue weighted by atomic mass is 19.4. The zero-order valence-electron chi connectivity index (χ0n) is 19.7. The first-order valence-corrected chi connectivity index (χ1v) is 12.2. The molecule has 2 aliphatic heterocycles. The number of halogens is 3. The Morgan fingerprint density at radius 1 is 1.03 bits per heavy atom. The van der Waals surface area contributed by atoms with Gasteiger partial charge in [-0.2, -0.15) is 13.2 Å². The lowest BCUT2D eigenvalue weighted by molar-refractivity contribution is -0.141. The number of rotatable bonds is 6. The summed E-state index contributed by atoms with van der Waals surface area (Å²) in [6, 6.07) is 11.3. The van der Waals surface area contributed by atoms with E-state index in [1.165, 1.54) is 17.4 Å². The Morgan fingerprint density at radius 2 is 1.71 bits per heavy atom. The molecule has 0 saturated carbocycles. The van der Waals surface area contributed by atoms with Crippen molar-refractivity contribution in [1.82, 2.24) is 9.88 Å². The Labute approximate surface area is 199 Å². The quantitative estimate of drug-likeness (QED) is 0.600. The number of alkyl halides is 3. The largest absolute Gasteiger partial charge is 0.433 e. The van der Waals surface area contributed by atoms with Crippen molar-refractivity contribution in [1.29, 1.82) is 0 Å². The minimum atomic E-state index is -4.45. The maximum absolute atomic E-state index is 12.9. The number of piperidine rings is 2. The van der Waals surface area contributed by atoms with Crippen molar-refractivity contribution < 1.29 is 18.0 Å². The van der Waals surface area contributed by atoms with Crippen LogP contribution in [0.15, 0.2) is 42.6 Å². The second-order valence-corrected chi connectivity index (χ2v) is 9.53. The van der Waals surface area contributed by atoms with E-state index in [1.807, 2.05) is 4.90 Å². The predicted octanol–water partition coefficient (Wildman–Crippen LogP) is 5.51. The summed E-state index contributed by atoms with van der Waals surface area (Å²) >= 11 is 0. The van der Waals surface area contributed by atoms with Gasteiger partial charge in [0, 0.05) is 56.2 Å². The summed E-state index contributed by atoms with van der Waals surface area (Å²) in [7, 11) is 0. The van der Waals surface area contributed by atoms with Crippen LogP contribution < -0.4 is 10.2 Å². The Hall–Kier alpha value is -2.77. The Kier molecular flexibility index (Phi) is 7.63. The van der Waals surface area contributed by atoms with Crippen molar-refractivity contribution in [3.63, 3.8) is 0 Å². The van der Waals surface area contributed by atoms with Crippen molar-refractivity contribution in [3.05, 3.63) is 53.9 Å². The van der Waals surface area contributed by atoms with Gasteiger partial charge in [-0.25, -0.2) is 0 Å². The average Bonchev–Trinajstić information content (AvgIpc) is 2.83. The van der Waals surface area contributed by atoms with Gasteiger partial charge in [-0.05, 0) is 69.2 Å². The Morgan fingerprint density at radius 3 is 2.35 bits per heavy atom. The molecule has 5 nitrogen and oxygen atoms in total. The molecular formula is C26H33F3N4O. The molecule has 1 aromatic carbocycles. The van der Waals surface area contributed by atoms with Gasteiger partial charge in [-0.3, -0.25) is 9.78 Å². The van der Waals surface area contributed by atoms with Crippen LogP contribution in [0.2, 0.25) is 0 Å². The van der Waals surface area contributed by atoms with Crippen molar-refractivity contribution in [2.45, 2.75) is 57.7 Å². The number of nitrogens with zero attached hydrogens (tertiary/aromatic N) is 3. The van der Waals surface area contributed by atoms with Gasteiger partial charge in [0.2, 0.25) is 5.91 Å². The number of carbonyl (C=O) groups excluding carboxylic acids is 1. The second-order valence-electron chi connectivity index (χ2n) is 9.53. The molecule has 1 aromatic heterocycles. The first kappa shape index (κ1) is 24.4. The highest BCUT2D eigenvalue weighted by Gasteiger charge is 2.33. The molecule has 0 bridgehead atoms. The third-order valence-corrected chi connectivity index (χ3v) is 7.05. The van der Waals surface area contributed by atoms with Gasteiger partial charge in [0.05, 0.1) is 0 Å². The molecule has 8 heteroatoms. The number of nitrogens with one attached hydrogen (secondary N) is 1. The number of amides is 1. The van der Waals surface area contributed by atoms with E-state index in [9.17, 15) is 18.0 Å². The van der Waals surface area contributed by atoms with E-state index < -0.39 is 11.9 Å². The summed E-state index contributed by atoms with van der Waals surface area (Å²) < 4.78 is 38.6. The molecule has 34 heavy (non-hydrogen) atoms. The zero-order chi connectivity index (χ0) is 24.1. The highest BCUT2D eigenvalue weighted by Crippen LogP contribution is 2.30. The monoisotopic (exact) mass is 474 g/mol. The number of anilines is 2. The van der Waals surface area contributed by atoms with Crippen LogP contribution in [0, 0.1) is 12.8 Å². The van der Waals surface area contributed by atoms with Crippen molar-refractivity contribution in [2.75, 3.05) is 36.4 Å². The number of hydrogen-bond donors (Lipinski definition) is 1. The van der Waals surface area contributed by atoms with Crippen LogP contribution in [0.4, 0.5) is 24.5 Å². The zero-order valence-corrected chi connectivity index (χ0v) is 19.7. The molecule has 184 valence electrons. The number of carbonyl (C=O) groups is 1. The number of aryl methyl sites for hydroxylation is 1. The molecule has 0 spiro atoms. The summed E-state index contributed by atoms with van der Waals surface area (Å²) in [6.07, 6.45) is 1.90. The van der Waals surface area contributed by atoms with Crippen LogP contribution in [-0.4, -0.2) is 48.0 Å². The third kappa shape index (κ3) is 6.42. The van der Waals surface area contributed by atoms with Crippen molar-refractivity contribution in [2.24, 2.45) is 5.92 Å². The van der Waals surface area contributed by atoms with Crippen LogP contribution in [0.5, 0.6) is 0 Å². The molecule has 2 saturated heterocycles. The maximum atomic E-state index is 12.9. The lowest BCUT2D eigenvalue weighted by Crippen LogP contribution is -2.42. The molecule has 3 heterocycles. The fraction of sp³-hybridized carbons (Fsp3) is 0.538. The Balaban J connectivity index is 1.16. The predicted molar refractivity (Wildman–Crippen MR) is 128 cm³/mol. The summed E-state index contributed by atoms with van der Waals surface area (Å²) in [4.78, 5) is 20.5. The first-order valence-electron chi connectivity index (χ1n) is 12.2. The van der Waals surface area contributed by atoms with E-state index in [0.29, 0.717) is 31.1 Å². The topological polar surface area (TPSA) is 48.5 Å². The first-order chi connectivity index (χ1) is 16.3. The molecule has 1 amide bonds. The number of aromatic nitrogens is 1. The molecular weight excluding hydrogens is 441 g/mol. The Bertz CT molecular complexity index is 947. The van der Waals surface area contributed by atoms with Crippen LogP contribution in [0.1, 0.15) is 49.8 Å². The summed E-state index contributed by atoms with van der Waals surface area (Å²) in [5, 5.41) is 3.17. The molecule has 0 radical (unpaired) electrons. The van der Waals surface area contributed by atoms with Crippen LogP contribution >= 0.6 is 0 Å². The van der Waals surface area contributed by atoms with E-state index in [0.717, 1.165) is 51.3 Å². The minimum absolute atomic E-state index is 0.0543. The standard InChI is InChI=1S/C26H33F3N4O/c1-19-2-5-23(6-3-19)32-14-9-20(10-15-32)4-7-25(34)33-16-11-21(12-17-33)31-22-8-13-30-24(18-22)26(27,28)29/h2-3,5-6,8,13,18,20-21H,4,7,9-12,14-17H2,1H3,(H,30,31). The van der Waals surface area contributed by atoms with Gasteiger partial charge in [0.25, 0.3) is 0 Å². The van der Waals surface area contributed by atoms with E-state index >= 15 is 0 Å².